The van der Waals surface area contributed by atoms with Crippen LogP contribution in [-0.2, 0) is 11.2 Å². The molecule has 4 rings (SSSR count). The molecular weight excluding hydrogens is 252 g/mol. The first-order valence-electron chi connectivity index (χ1n) is 7.10. The van der Waals surface area contributed by atoms with E-state index >= 15 is 0 Å². The average molecular weight is 268 g/mol. The van der Waals surface area contributed by atoms with Crippen molar-refractivity contribution in [3.05, 3.63) is 52.8 Å². The van der Waals surface area contributed by atoms with Crippen molar-refractivity contribution in [3.63, 3.8) is 0 Å². The van der Waals surface area contributed by atoms with Gasteiger partial charge in [0.2, 0.25) is 0 Å². The quantitative estimate of drug-likeness (QED) is 0.871. The summed E-state index contributed by atoms with van der Waals surface area (Å²) in [6, 6.07) is 10.6. The Hall–Kier alpha value is -2.10. The number of ether oxygens (including phenoxy) is 1. The van der Waals surface area contributed by atoms with E-state index in [1.807, 2.05) is 13.0 Å². The summed E-state index contributed by atoms with van der Waals surface area (Å²) >= 11 is 0. The molecule has 2 aliphatic rings. The standard InChI is InChI=1S/C16H16N2O2/c1-2-20-16(19)15-11-8-10-12(9-6-4-3-5-7-9)13(10)14(11)17-18-15/h3-7,10,12-13H,2,8H2,1H3,(H,17,18). The van der Waals surface area contributed by atoms with Crippen LogP contribution in [0.4, 0.5) is 0 Å². The zero-order valence-corrected chi connectivity index (χ0v) is 11.3. The fourth-order valence-corrected chi connectivity index (χ4v) is 3.62. The molecule has 2 aromatic rings. The highest BCUT2D eigenvalue weighted by Gasteiger charge is 2.58. The number of fused-ring (bicyclic) bond motifs is 3. The van der Waals surface area contributed by atoms with Crippen molar-refractivity contribution >= 4 is 5.97 Å². The second-order valence-electron chi connectivity index (χ2n) is 5.52. The van der Waals surface area contributed by atoms with Gasteiger partial charge in [0.25, 0.3) is 0 Å². The number of carbonyl (C=O) groups excluding carboxylic acids is 1. The fraction of sp³-hybridized carbons (Fsp3) is 0.375. The predicted molar refractivity (Wildman–Crippen MR) is 73.7 cm³/mol. The number of benzene rings is 1. The Labute approximate surface area is 117 Å². The Bertz CT molecular complexity index is 662. The van der Waals surface area contributed by atoms with Gasteiger partial charge < -0.3 is 4.74 Å². The van der Waals surface area contributed by atoms with E-state index in [0.29, 0.717) is 30.1 Å². The lowest BCUT2D eigenvalue weighted by Crippen LogP contribution is -2.08. The number of carbonyl (C=O) groups is 1. The van der Waals surface area contributed by atoms with Crippen LogP contribution < -0.4 is 0 Å². The van der Waals surface area contributed by atoms with Gasteiger partial charge in [0.05, 0.1) is 6.61 Å². The maximum Gasteiger partial charge on any atom is 0.359 e. The highest BCUT2D eigenvalue weighted by molar-refractivity contribution is 5.89. The third-order valence-corrected chi connectivity index (χ3v) is 4.49. The van der Waals surface area contributed by atoms with E-state index in [1.54, 1.807) is 0 Å². The molecule has 2 aliphatic carbocycles. The Morgan fingerprint density at radius 3 is 2.90 bits per heavy atom. The van der Waals surface area contributed by atoms with Crippen LogP contribution in [0.5, 0.6) is 0 Å². The maximum atomic E-state index is 11.8. The van der Waals surface area contributed by atoms with E-state index < -0.39 is 0 Å². The van der Waals surface area contributed by atoms with E-state index in [-0.39, 0.29) is 5.97 Å². The zero-order valence-electron chi connectivity index (χ0n) is 11.3. The van der Waals surface area contributed by atoms with E-state index in [1.165, 1.54) is 5.56 Å². The zero-order chi connectivity index (χ0) is 13.7. The van der Waals surface area contributed by atoms with E-state index in [4.69, 9.17) is 4.74 Å². The molecule has 0 saturated heterocycles. The second kappa shape index (κ2) is 4.20. The van der Waals surface area contributed by atoms with E-state index in [0.717, 1.165) is 17.7 Å². The van der Waals surface area contributed by atoms with Crippen molar-refractivity contribution in [1.82, 2.24) is 10.2 Å². The van der Waals surface area contributed by atoms with Gasteiger partial charge in [0.15, 0.2) is 5.69 Å². The molecule has 1 N–H and O–H groups in total. The summed E-state index contributed by atoms with van der Waals surface area (Å²) in [6.45, 7) is 2.20. The molecule has 0 aliphatic heterocycles. The van der Waals surface area contributed by atoms with Crippen LogP contribution in [0.15, 0.2) is 30.3 Å². The lowest BCUT2D eigenvalue weighted by atomic mass is 10.0. The first-order valence-corrected chi connectivity index (χ1v) is 7.10. The summed E-state index contributed by atoms with van der Waals surface area (Å²) in [6.07, 6.45) is 0.935. The van der Waals surface area contributed by atoms with Crippen LogP contribution >= 0.6 is 0 Å². The number of nitrogens with one attached hydrogen (secondary N) is 1. The van der Waals surface area contributed by atoms with Gasteiger partial charge in [-0.3, -0.25) is 5.10 Å². The van der Waals surface area contributed by atoms with Crippen LogP contribution in [0, 0.1) is 5.92 Å². The van der Waals surface area contributed by atoms with Crippen LogP contribution in [-0.4, -0.2) is 22.8 Å². The van der Waals surface area contributed by atoms with Crippen LogP contribution in [0.1, 0.15) is 46.1 Å². The van der Waals surface area contributed by atoms with E-state index in [9.17, 15) is 4.79 Å². The van der Waals surface area contributed by atoms with Crippen LogP contribution in [0.3, 0.4) is 0 Å². The third-order valence-electron chi connectivity index (χ3n) is 4.49. The van der Waals surface area contributed by atoms with Gasteiger partial charge in [-0.1, -0.05) is 30.3 Å². The van der Waals surface area contributed by atoms with Gasteiger partial charge in [-0.25, -0.2) is 4.79 Å². The van der Waals surface area contributed by atoms with Gasteiger partial charge in [-0.05, 0) is 30.7 Å². The minimum absolute atomic E-state index is 0.303. The number of esters is 1. The number of aromatic nitrogens is 2. The van der Waals surface area contributed by atoms with E-state index in [2.05, 4.69) is 34.5 Å². The summed E-state index contributed by atoms with van der Waals surface area (Å²) in [5, 5.41) is 7.23. The molecule has 3 atom stereocenters. The van der Waals surface area contributed by atoms with Gasteiger partial charge in [-0.15, -0.1) is 0 Å². The fourth-order valence-electron chi connectivity index (χ4n) is 3.62. The molecule has 0 amide bonds. The molecule has 102 valence electrons. The Morgan fingerprint density at radius 1 is 1.35 bits per heavy atom. The predicted octanol–water partition coefficient (Wildman–Crippen LogP) is 2.64. The van der Waals surface area contributed by atoms with Gasteiger partial charge in [-0.2, -0.15) is 5.10 Å². The topological polar surface area (TPSA) is 55.0 Å². The van der Waals surface area contributed by atoms with Crippen molar-refractivity contribution in [1.29, 1.82) is 0 Å². The summed E-state index contributed by atoms with van der Waals surface area (Å²) < 4.78 is 5.05. The maximum absolute atomic E-state index is 11.8. The smallest absolute Gasteiger partial charge is 0.359 e. The highest BCUT2D eigenvalue weighted by atomic mass is 16.5. The Morgan fingerprint density at radius 2 is 2.15 bits per heavy atom. The highest BCUT2D eigenvalue weighted by Crippen LogP contribution is 2.66. The molecular formula is C16H16N2O2. The molecule has 0 radical (unpaired) electrons. The van der Waals surface area contributed by atoms with Crippen LogP contribution in [0.25, 0.3) is 0 Å². The molecule has 0 spiro atoms. The molecule has 0 bridgehead atoms. The summed E-state index contributed by atoms with van der Waals surface area (Å²) in [5.41, 5.74) is 4.10. The summed E-state index contributed by atoms with van der Waals surface area (Å²) in [4.78, 5) is 11.8. The number of hydrogen-bond acceptors (Lipinski definition) is 3. The Balaban J connectivity index is 1.61. The first-order chi connectivity index (χ1) is 9.81. The lowest BCUT2D eigenvalue weighted by Gasteiger charge is -2.05. The van der Waals surface area contributed by atoms with Crippen molar-refractivity contribution in [3.8, 4) is 0 Å². The lowest BCUT2D eigenvalue weighted by molar-refractivity contribution is 0.0518. The molecule has 20 heavy (non-hydrogen) atoms. The van der Waals surface area contributed by atoms with Crippen molar-refractivity contribution < 1.29 is 9.53 Å². The number of rotatable bonds is 3. The first kappa shape index (κ1) is 11.7. The molecule has 1 heterocycles. The molecule has 1 saturated carbocycles. The van der Waals surface area contributed by atoms with Crippen molar-refractivity contribution in [2.75, 3.05) is 6.61 Å². The number of hydrogen-bond donors (Lipinski definition) is 1. The minimum Gasteiger partial charge on any atom is -0.461 e. The molecule has 4 nitrogen and oxygen atoms in total. The van der Waals surface area contributed by atoms with Crippen LogP contribution in [0.2, 0.25) is 0 Å². The number of H-pyrrole nitrogens is 1. The molecule has 1 aromatic carbocycles. The molecule has 1 aromatic heterocycles. The molecule has 4 heteroatoms. The number of aromatic amines is 1. The van der Waals surface area contributed by atoms with Gasteiger partial charge >= 0.3 is 5.97 Å². The monoisotopic (exact) mass is 268 g/mol. The van der Waals surface area contributed by atoms with Crippen molar-refractivity contribution in [2.24, 2.45) is 5.92 Å². The van der Waals surface area contributed by atoms with Crippen molar-refractivity contribution in [2.45, 2.75) is 25.2 Å². The second-order valence-corrected chi connectivity index (χ2v) is 5.52. The normalized spacial score (nSPS) is 25.9. The SMILES string of the molecule is CCOC(=O)c1n[nH]c2c1CC1C(c3ccccc3)C21. The molecule has 1 fully saturated rings. The summed E-state index contributed by atoms with van der Waals surface area (Å²) in [7, 11) is 0. The average Bonchev–Trinajstić information content (AvgIpc) is 2.82. The Kier molecular flexibility index (Phi) is 2.46. The molecule has 3 unspecified atom stereocenters. The minimum atomic E-state index is -0.303. The summed E-state index contributed by atoms with van der Waals surface area (Å²) in [5.74, 6) is 1.40. The largest absolute Gasteiger partial charge is 0.461 e. The number of nitrogens with zero attached hydrogens (tertiary/aromatic N) is 1. The third kappa shape index (κ3) is 1.54. The van der Waals surface area contributed by atoms with Gasteiger partial charge in [0, 0.05) is 17.2 Å². The van der Waals surface area contributed by atoms with Gasteiger partial charge in [0.1, 0.15) is 0 Å².